The van der Waals surface area contributed by atoms with E-state index >= 15 is 0 Å². The monoisotopic (exact) mass is 408 g/mol. The molecule has 0 unspecified atom stereocenters. The van der Waals surface area contributed by atoms with Crippen molar-refractivity contribution in [1.82, 2.24) is 5.32 Å². The van der Waals surface area contributed by atoms with E-state index in [1.165, 1.54) is 4.88 Å². The molecule has 1 aliphatic carbocycles. The minimum Gasteiger partial charge on any atom is -0.462 e. The minimum atomic E-state index is -0.271. The average Bonchev–Trinajstić information content (AvgIpc) is 2.98. The zero-order chi connectivity index (χ0) is 18.5. The summed E-state index contributed by atoms with van der Waals surface area (Å²) < 4.78 is 5.27. The van der Waals surface area contributed by atoms with Crippen LogP contribution in [0.5, 0.6) is 0 Å². The van der Waals surface area contributed by atoms with Crippen LogP contribution in [0.3, 0.4) is 0 Å². The van der Waals surface area contributed by atoms with Gasteiger partial charge in [-0.3, -0.25) is 0 Å². The molecule has 138 valence electrons. The van der Waals surface area contributed by atoms with Crippen molar-refractivity contribution < 1.29 is 9.53 Å². The van der Waals surface area contributed by atoms with Gasteiger partial charge in [0.25, 0.3) is 0 Å². The van der Waals surface area contributed by atoms with Crippen molar-refractivity contribution in [3.63, 3.8) is 0 Å². The molecule has 2 aromatic rings. The molecule has 1 heterocycles. The molecule has 0 radical (unpaired) electrons. The fraction of sp³-hybridized carbons (Fsp3) is 0.368. The van der Waals surface area contributed by atoms with Crippen LogP contribution >= 0.6 is 35.2 Å². The highest BCUT2D eigenvalue weighted by Crippen LogP contribution is 2.38. The molecule has 1 aromatic heterocycles. The Morgan fingerprint density at radius 2 is 2.15 bits per heavy atom. The summed E-state index contributed by atoms with van der Waals surface area (Å²) in [6.45, 7) is 2.74. The smallest absolute Gasteiger partial charge is 0.341 e. The maximum atomic E-state index is 12.5. The normalized spacial score (nSPS) is 13.0. The van der Waals surface area contributed by atoms with E-state index in [-0.39, 0.29) is 5.97 Å². The second-order valence-electron chi connectivity index (χ2n) is 6.07. The van der Waals surface area contributed by atoms with Crippen LogP contribution in [0.4, 0.5) is 5.00 Å². The molecular formula is C19H21ClN2O2S2. The van der Waals surface area contributed by atoms with Crippen LogP contribution in [0.25, 0.3) is 0 Å². The van der Waals surface area contributed by atoms with Gasteiger partial charge < -0.3 is 15.4 Å². The van der Waals surface area contributed by atoms with E-state index in [4.69, 9.17) is 28.6 Å². The van der Waals surface area contributed by atoms with Gasteiger partial charge in [0, 0.05) is 16.4 Å². The molecule has 0 saturated heterocycles. The van der Waals surface area contributed by atoms with E-state index in [9.17, 15) is 4.79 Å². The summed E-state index contributed by atoms with van der Waals surface area (Å²) in [4.78, 5) is 13.7. The quantitative estimate of drug-likeness (QED) is 0.541. The zero-order valence-corrected chi connectivity index (χ0v) is 17.0. The largest absolute Gasteiger partial charge is 0.462 e. The number of aryl methyl sites for hydroxylation is 1. The van der Waals surface area contributed by atoms with E-state index < -0.39 is 0 Å². The standard InChI is InChI=1S/C19H21ClN2O2S2/c1-2-24-18(23)16-14-8-3-4-9-15(14)26-17(16)22-19(25)21-11-12-6-5-7-13(20)10-12/h5-7,10H,2-4,8-9,11H2,1H3,(H2,21,22,25). The third kappa shape index (κ3) is 4.55. The number of thiophene rings is 1. The maximum Gasteiger partial charge on any atom is 0.341 e. The van der Waals surface area contributed by atoms with Gasteiger partial charge in [-0.25, -0.2) is 4.79 Å². The van der Waals surface area contributed by atoms with E-state index in [1.807, 2.05) is 31.2 Å². The molecule has 0 amide bonds. The van der Waals surface area contributed by atoms with Crippen molar-refractivity contribution in [2.75, 3.05) is 11.9 Å². The molecule has 4 nitrogen and oxygen atoms in total. The fourth-order valence-electron chi connectivity index (χ4n) is 3.05. The van der Waals surface area contributed by atoms with Gasteiger partial charge in [0.15, 0.2) is 5.11 Å². The fourth-order valence-corrected chi connectivity index (χ4v) is 4.78. The Morgan fingerprint density at radius 3 is 2.92 bits per heavy atom. The lowest BCUT2D eigenvalue weighted by Gasteiger charge is -2.13. The summed E-state index contributed by atoms with van der Waals surface area (Å²) in [5.74, 6) is -0.271. The first kappa shape index (κ1) is 19.1. The van der Waals surface area contributed by atoms with Crippen LogP contribution in [0.15, 0.2) is 24.3 Å². The van der Waals surface area contributed by atoms with Gasteiger partial charge in [-0.15, -0.1) is 11.3 Å². The molecule has 2 N–H and O–H groups in total. The number of benzene rings is 1. The first-order chi connectivity index (χ1) is 12.6. The predicted octanol–water partition coefficient (Wildman–Crippen LogP) is 4.94. The van der Waals surface area contributed by atoms with E-state index in [1.54, 1.807) is 11.3 Å². The average molecular weight is 409 g/mol. The maximum absolute atomic E-state index is 12.5. The highest BCUT2D eigenvalue weighted by molar-refractivity contribution is 7.80. The number of esters is 1. The molecular weight excluding hydrogens is 388 g/mol. The van der Waals surface area contributed by atoms with Crippen LogP contribution in [0.1, 0.15) is 46.1 Å². The topological polar surface area (TPSA) is 50.4 Å². The number of carbonyl (C=O) groups is 1. The number of carbonyl (C=O) groups excluding carboxylic acids is 1. The molecule has 1 aromatic carbocycles. The second-order valence-corrected chi connectivity index (χ2v) is 8.02. The Labute approximate surface area is 167 Å². The number of ether oxygens (including phenoxy) is 1. The van der Waals surface area contributed by atoms with Crippen molar-refractivity contribution in [1.29, 1.82) is 0 Å². The summed E-state index contributed by atoms with van der Waals surface area (Å²) in [5, 5.41) is 8.32. The first-order valence-electron chi connectivity index (χ1n) is 8.69. The molecule has 3 rings (SSSR count). The van der Waals surface area contributed by atoms with Gasteiger partial charge in [-0.2, -0.15) is 0 Å². The number of thiocarbonyl (C=S) groups is 1. The third-order valence-corrected chi connectivity index (χ3v) is 5.91. The SMILES string of the molecule is CCOC(=O)c1c(NC(=S)NCc2cccc(Cl)c2)sc2c1CCCC2. The number of fused-ring (bicyclic) bond motifs is 1. The van der Waals surface area contributed by atoms with Gasteiger partial charge in [-0.1, -0.05) is 23.7 Å². The van der Waals surface area contributed by atoms with Gasteiger partial charge in [-0.05, 0) is 68.1 Å². The van der Waals surface area contributed by atoms with Crippen molar-refractivity contribution in [3.8, 4) is 0 Å². The molecule has 26 heavy (non-hydrogen) atoms. The van der Waals surface area contributed by atoms with Gasteiger partial charge in [0.05, 0.1) is 12.2 Å². The first-order valence-corrected chi connectivity index (χ1v) is 10.3. The lowest BCUT2D eigenvalue weighted by molar-refractivity contribution is 0.0526. The van der Waals surface area contributed by atoms with Crippen molar-refractivity contribution in [2.24, 2.45) is 0 Å². The highest BCUT2D eigenvalue weighted by atomic mass is 35.5. The van der Waals surface area contributed by atoms with Crippen molar-refractivity contribution >= 4 is 51.2 Å². The third-order valence-electron chi connectivity index (χ3n) is 4.22. The lowest BCUT2D eigenvalue weighted by atomic mass is 9.95. The number of anilines is 1. The lowest BCUT2D eigenvalue weighted by Crippen LogP contribution is -2.28. The Kier molecular flexibility index (Phi) is 6.51. The Hall–Kier alpha value is -1.63. The number of halogens is 1. The van der Waals surface area contributed by atoms with Crippen LogP contribution in [0.2, 0.25) is 5.02 Å². The molecule has 1 aliphatic rings. The zero-order valence-electron chi connectivity index (χ0n) is 14.6. The minimum absolute atomic E-state index is 0.271. The summed E-state index contributed by atoms with van der Waals surface area (Å²) in [5.41, 5.74) is 2.82. The molecule has 0 bridgehead atoms. The Morgan fingerprint density at radius 1 is 1.35 bits per heavy atom. The molecule has 0 aliphatic heterocycles. The Bertz CT molecular complexity index is 820. The van der Waals surface area contributed by atoms with E-state index in [0.29, 0.717) is 28.9 Å². The van der Waals surface area contributed by atoms with Crippen molar-refractivity contribution in [2.45, 2.75) is 39.2 Å². The van der Waals surface area contributed by atoms with Crippen LogP contribution in [-0.4, -0.2) is 17.7 Å². The van der Waals surface area contributed by atoms with Crippen LogP contribution in [-0.2, 0) is 24.1 Å². The van der Waals surface area contributed by atoms with E-state index in [0.717, 1.165) is 41.8 Å². The van der Waals surface area contributed by atoms with Crippen molar-refractivity contribution in [3.05, 3.63) is 50.9 Å². The van der Waals surface area contributed by atoms with Crippen LogP contribution < -0.4 is 10.6 Å². The number of nitrogens with one attached hydrogen (secondary N) is 2. The van der Waals surface area contributed by atoms with Crippen LogP contribution in [0, 0.1) is 0 Å². The summed E-state index contributed by atoms with van der Waals surface area (Å²) in [7, 11) is 0. The summed E-state index contributed by atoms with van der Waals surface area (Å²) in [6.07, 6.45) is 4.20. The van der Waals surface area contributed by atoms with E-state index in [2.05, 4.69) is 10.6 Å². The summed E-state index contributed by atoms with van der Waals surface area (Å²) >= 11 is 13.0. The van der Waals surface area contributed by atoms with Gasteiger partial charge >= 0.3 is 5.97 Å². The second kappa shape index (κ2) is 8.84. The number of rotatable bonds is 5. The predicted molar refractivity (Wildman–Crippen MR) is 111 cm³/mol. The molecule has 0 atom stereocenters. The molecule has 0 fully saturated rings. The number of hydrogen-bond donors (Lipinski definition) is 2. The summed E-state index contributed by atoms with van der Waals surface area (Å²) in [6, 6.07) is 7.62. The van der Waals surface area contributed by atoms with Gasteiger partial charge in [0.1, 0.15) is 5.00 Å². The van der Waals surface area contributed by atoms with Gasteiger partial charge in [0.2, 0.25) is 0 Å². The highest BCUT2D eigenvalue weighted by Gasteiger charge is 2.26. The molecule has 0 spiro atoms. The Balaban J connectivity index is 1.73. The molecule has 7 heteroatoms. The molecule has 0 saturated carbocycles. The number of hydrogen-bond acceptors (Lipinski definition) is 4.